The summed E-state index contributed by atoms with van der Waals surface area (Å²) in [7, 11) is 0. The Hall–Kier alpha value is -2.50. The highest BCUT2D eigenvalue weighted by molar-refractivity contribution is 5.91. The highest BCUT2D eigenvalue weighted by Gasteiger charge is 2.05. The molecule has 0 atom stereocenters. The Morgan fingerprint density at radius 2 is 2.05 bits per heavy atom. The molecule has 0 aliphatic rings. The summed E-state index contributed by atoms with van der Waals surface area (Å²) in [4.78, 5) is 14.7. The van der Waals surface area contributed by atoms with Crippen LogP contribution in [0.15, 0.2) is 36.5 Å². The van der Waals surface area contributed by atoms with Crippen LogP contribution in [0.4, 0.5) is 14.5 Å². The molecule has 0 unspecified atom stereocenters. The number of hydrogen-bond acceptors (Lipinski definition) is 3. The zero-order valence-electron chi connectivity index (χ0n) is 9.86. The van der Waals surface area contributed by atoms with Gasteiger partial charge in [0, 0.05) is 24.0 Å². The van der Waals surface area contributed by atoms with Crippen molar-refractivity contribution in [2.45, 2.75) is 6.54 Å². The number of aromatic nitrogens is 1. The molecule has 1 amide bonds. The molecule has 4 nitrogen and oxygen atoms in total. The maximum Gasteiger partial charge on any atom is 0.267 e. The number of halogens is 2. The van der Waals surface area contributed by atoms with E-state index in [2.05, 4.69) is 10.3 Å². The van der Waals surface area contributed by atoms with Crippen molar-refractivity contribution in [3.63, 3.8) is 0 Å². The van der Waals surface area contributed by atoms with Gasteiger partial charge in [-0.25, -0.2) is 8.78 Å². The smallest absolute Gasteiger partial charge is 0.267 e. The van der Waals surface area contributed by atoms with Crippen LogP contribution >= 0.6 is 0 Å². The molecule has 6 heteroatoms. The molecule has 0 saturated carbocycles. The van der Waals surface area contributed by atoms with Gasteiger partial charge in [-0.05, 0) is 30.3 Å². The molecule has 1 aromatic carbocycles. The van der Waals surface area contributed by atoms with Crippen LogP contribution in [0.25, 0.3) is 0 Å². The van der Waals surface area contributed by atoms with E-state index in [0.717, 1.165) is 18.2 Å². The lowest BCUT2D eigenvalue weighted by Crippen LogP contribution is -2.13. The molecule has 0 fully saturated rings. The van der Waals surface area contributed by atoms with Crippen LogP contribution in [0.3, 0.4) is 0 Å². The fourth-order valence-electron chi connectivity index (χ4n) is 1.55. The fraction of sp³-hybridized carbons (Fsp3) is 0.0769. The Kier molecular flexibility index (Phi) is 3.70. The van der Waals surface area contributed by atoms with Gasteiger partial charge in [0.05, 0.1) is 0 Å². The minimum Gasteiger partial charge on any atom is -0.381 e. The Morgan fingerprint density at radius 1 is 1.26 bits per heavy atom. The standard InChI is InChI=1S/C13H11F2N3O/c14-9-1-2-11(15)8(5-9)7-18-10-3-4-17-12(6-10)13(16)19/h1-6H,7H2,(H2,16,19)(H,17,18). The normalized spacial score (nSPS) is 10.2. The number of hydrogen-bond donors (Lipinski definition) is 2. The van der Waals surface area contributed by atoms with Gasteiger partial charge in [0.15, 0.2) is 0 Å². The lowest BCUT2D eigenvalue weighted by Gasteiger charge is -2.08. The first-order valence-corrected chi connectivity index (χ1v) is 5.50. The second kappa shape index (κ2) is 5.43. The van der Waals surface area contributed by atoms with Crippen molar-refractivity contribution >= 4 is 11.6 Å². The van der Waals surface area contributed by atoms with Crippen molar-refractivity contribution in [2.75, 3.05) is 5.32 Å². The van der Waals surface area contributed by atoms with E-state index in [1.54, 1.807) is 6.07 Å². The molecule has 0 bridgehead atoms. The molecule has 0 saturated heterocycles. The van der Waals surface area contributed by atoms with Gasteiger partial charge in [0.1, 0.15) is 17.3 Å². The maximum atomic E-state index is 13.4. The van der Waals surface area contributed by atoms with E-state index in [0.29, 0.717) is 5.69 Å². The predicted octanol–water partition coefficient (Wildman–Crippen LogP) is 2.07. The lowest BCUT2D eigenvalue weighted by atomic mass is 10.2. The van der Waals surface area contributed by atoms with Crippen molar-refractivity contribution < 1.29 is 13.6 Å². The average molecular weight is 263 g/mol. The van der Waals surface area contributed by atoms with Gasteiger partial charge < -0.3 is 11.1 Å². The first kappa shape index (κ1) is 12.9. The zero-order valence-corrected chi connectivity index (χ0v) is 9.86. The third-order valence-corrected chi connectivity index (χ3v) is 2.50. The van der Waals surface area contributed by atoms with Crippen LogP contribution in [0.5, 0.6) is 0 Å². The van der Waals surface area contributed by atoms with E-state index in [-0.39, 0.29) is 17.8 Å². The Labute approximate surface area is 108 Å². The van der Waals surface area contributed by atoms with E-state index in [1.807, 2.05) is 0 Å². The van der Waals surface area contributed by atoms with Gasteiger partial charge in [-0.1, -0.05) is 0 Å². The number of anilines is 1. The van der Waals surface area contributed by atoms with Gasteiger partial charge >= 0.3 is 0 Å². The molecule has 2 aromatic rings. The van der Waals surface area contributed by atoms with Crippen LogP contribution in [-0.2, 0) is 6.54 Å². The third-order valence-electron chi connectivity index (χ3n) is 2.50. The number of benzene rings is 1. The van der Waals surface area contributed by atoms with Crippen LogP contribution in [0.2, 0.25) is 0 Å². The summed E-state index contributed by atoms with van der Waals surface area (Å²) in [6.07, 6.45) is 1.41. The Balaban J connectivity index is 2.12. The van der Waals surface area contributed by atoms with Gasteiger partial charge in [-0.2, -0.15) is 0 Å². The van der Waals surface area contributed by atoms with E-state index in [9.17, 15) is 13.6 Å². The molecule has 0 aliphatic heterocycles. The third kappa shape index (κ3) is 3.25. The van der Waals surface area contributed by atoms with Crippen LogP contribution in [0.1, 0.15) is 16.1 Å². The minimum atomic E-state index is -0.652. The van der Waals surface area contributed by atoms with Crippen molar-refractivity contribution in [2.24, 2.45) is 5.73 Å². The van der Waals surface area contributed by atoms with Crippen molar-refractivity contribution in [3.05, 3.63) is 59.4 Å². The number of carbonyl (C=O) groups is 1. The molecule has 98 valence electrons. The van der Waals surface area contributed by atoms with Crippen LogP contribution < -0.4 is 11.1 Å². The maximum absolute atomic E-state index is 13.4. The largest absolute Gasteiger partial charge is 0.381 e. The van der Waals surface area contributed by atoms with Gasteiger partial charge in [-0.15, -0.1) is 0 Å². The molecule has 3 N–H and O–H groups in total. The predicted molar refractivity (Wildman–Crippen MR) is 66.4 cm³/mol. The van der Waals surface area contributed by atoms with Gasteiger partial charge in [0.2, 0.25) is 0 Å². The summed E-state index contributed by atoms with van der Waals surface area (Å²) in [6.45, 7) is 0.0891. The highest BCUT2D eigenvalue weighted by atomic mass is 19.1. The van der Waals surface area contributed by atoms with Crippen molar-refractivity contribution in [3.8, 4) is 0 Å². The summed E-state index contributed by atoms with van der Waals surface area (Å²) >= 11 is 0. The molecule has 1 heterocycles. The minimum absolute atomic E-state index is 0.0891. The number of rotatable bonds is 4. The van der Waals surface area contributed by atoms with Gasteiger partial charge in [0.25, 0.3) is 5.91 Å². The number of pyridine rings is 1. The highest BCUT2D eigenvalue weighted by Crippen LogP contribution is 2.13. The molecule has 2 rings (SSSR count). The summed E-state index contributed by atoms with van der Waals surface area (Å²) in [5.41, 5.74) is 5.94. The van der Waals surface area contributed by atoms with Crippen molar-refractivity contribution in [1.29, 1.82) is 0 Å². The lowest BCUT2D eigenvalue weighted by molar-refractivity contribution is 0.0995. The topological polar surface area (TPSA) is 68.0 Å². The van der Waals surface area contributed by atoms with E-state index in [1.165, 1.54) is 12.3 Å². The summed E-state index contributed by atoms with van der Waals surface area (Å²) in [6, 6.07) is 6.27. The second-order valence-electron chi connectivity index (χ2n) is 3.88. The molecule has 0 aliphatic carbocycles. The Bertz CT molecular complexity index is 617. The average Bonchev–Trinajstić information content (AvgIpc) is 2.40. The molecule has 1 aromatic heterocycles. The summed E-state index contributed by atoms with van der Waals surface area (Å²) in [5, 5.41) is 2.87. The molecule has 0 radical (unpaired) electrons. The number of carbonyl (C=O) groups excluding carboxylic acids is 1. The van der Waals surface area contributed by atoms with Crippen LogP contribution in [-0.4, -0.2) is 10.9 Å². The number of nitrogens with one attached hydrogen (secondary N) is 1. The quantitative estimate of drug-likeness (QED) is 0.887. The first-order chi connectivity index (χ1) is 9.06. The second-order valence-corrected chi connectivity index (χ2v) is 3.88. The van der Waals surface area contributed by atoms with E-state index < -0.39 is 17.5 Å². The number of nitrogens with zero attached hydrogens (tertiary/aromatic N) is 1. The van der Waals surface area contributed by atoms with E-state index >= 15 is 0 Å². The number of primary amides is 1. The first-order valence-electron chi connectivity index (χ1n) is 5.50. The number of nitrogens with two attached hydrogens (primary N) is 1. The zero-order chi connectivity index (χ0) is 13.8. The molecule has 0 spiro atoms. The monoisotopic (exact) mass is 263 g/mol. The SMILES string of the molecule is NC(=O)c1cc(NCc2cc(F)ccc2F)ccn1. The summed E-state index contributed by atoms with van der Waals surface area (Å²) < 4.78 is 26.4. The van der Waals surface area contributed by atoms with E-state index in [4.69, 9.17) is 5.73 Å². The van der Waals surface area contributed by atoms with Crippen LogP contribution in [0, 0.1) is 11.6 Å². The summed E-state index contributed by atoms with van der Waals surface area (Å²) in [5.74, 6) is -1.66. The fourth-order valence-corrected chi connectivity index (χ4v) is 1.55. The van der Waals surface area contributed by atoms with Crippen molar-refractivity contribution in [1.82, 2.24) is 4.98 Å². The number of amides is 1. The molecular weight excluding hydrogens is 252 g/mol. The van der Waals surface area contributed by atoms with Gasteiger partial charge in [-0.3, -0.25) is 9.78 Å². The molecular formula is C13H11F2N3O. The molecule has 19 heavy (non-hydrogen) atoms. The Morgan fingerprint density at radius 3 is 2.79 bits per heavy atom.